The largest absolute Gasteiger partial charge is 0.354 e. The van der Waals surface area contributed by atoms with Gasteiger partial charge in [0.2, 0.25) is 5.95 Å². The summed E-state index contributed by atoms with van der Waals surface area (Å²) >= 11 is 2.31. The fraction of sp³-hybridized carbons (Fsp3) is 0.500. The van der Waals surface area contributed by atoms with Gasteiger partial charge in [0, 0.05) is 44.5 Å². The SMILES string of the molecule is COC(Cn1c(=O)c2c(nc(N3CCCNCC3)n2Cc2ccccc2I)n(C)c1=O)OC. The summed E-state index contributed by atoms with van der Waals surface area (Å²) in [6.07, 6.45) is 0.258. The minimum absolute atomic E-state index is 0.00847. The van der Waals surface area contributed by atoms with Crippen molar-refractivity contribution in [1.29, 1.82) is 0 Å². The lowest BCUT2D eigenvalue weighted by molar-refractivity contribution is -0.111. The van der Waals surface area contributed by atoms with E-state index in [9.17, 15) is 9.59 Å². The number of ether oxygens (including phenoxy) is 2. The number of fused-ring (bicyclic) bond motifs is 1. The number of rotatable bonds is 7. The normalized spacial score (nSPS) is 14.9. The molecule has 0 atom stereocenters. The fourth-order valence-electron chi connectivity index (χ4n) is 4.15. The van der Waals surface area contributed by atoms with E-state index in [2.05, 4.69) is 32.8 Å². The zero-order chi connectivity index (χ0) is 23.5. The molecular formula is C22H29IN6O4. The van der Waals surface area contributed by atoms with Crippen LogP contribution in [0.3, 0.4) is 0 Å². The van der Waals surface area contributed by atoms with E-state index in [1.807, 2.05) is 28.8 Å². The average molecular weight is 568 g/mol. The molecular weight excluding hydrogens is 539 g/mol. The second-order valence-corrected chi connectivity index (χ2v) is 9.17. The lowest BCUT2D eigenvalue weighted by Gasteiger charge is -2.22. The predicted octanol–water partition coefficient (Wildman–Crippen LogP) is 0.968. The Balaban J connectivity index is 1.95. The summed E-state index contributed by atoms with van der Waals surface area (Å²) in [5.41, 5.74) is 1.01. The molecule has 33 heavy (non-hydrogen) atoms. The topological polar surface area (TPSA) is 95.5 Å². The highest BCUT2D eigenvalue weighted by Gasteiger charge is 2.25. The standard InChI is InChI=1S/C22H29IN6O4/c1-26-19-18(20(30)29(22(26)31)14-17(32-2)33-3)28(13-15-7-4-5-8-16(15)23)21(25-19)27-11-6-9-24-10-12-27/h4-5,7-8,17,24H,6,9-14H2,1-3H3. The van der Waals surface area contributed by atoms with Crippen LogP contribution >= 0.6 is 22.6 Å². The molecule has 0 bridgehead atoms. The molecule has 0 aliphatic carbocycles. The number of halogens is 1. The summed E-state index contributed by atoms with van der Waals surface area (Å²) in [4.78, 5) is 33.8. The van der Waals surface area contributed by atoms with Crippen LogP contribution in [0.2, 0.25) is 0 Å². The van der Waals surface area contributed by atoms with Crippen LogP contribution in [0.1, 0.15) is 12.0 Å². The number of hydrogen-bond acceptors (Lipinski definition) is 7. The first-order valence-electron chi connectivity index (χ1n) is 10.9. The maximum atomic E-state index is 13.7. The van der Waals surface area contributed by atoms with E-state index in [-0.39, 0.29) is 6.54 Å². The summed E-state index contributed by atoms with van der Waals surface area (Å²) in [6.45, 7) is 3.82. The molecule has 1 saturated heterocycles. The average Bonchev–Trinajstić information content (AvgIpc) is 2.99. The minimum Gasteiger partial charge on any atom is -0.354 e. The number of nitrogens with one attached hydrogen (secondary N) is 1. The van der Waals surface area contributed by atoms with E-state index in [0.29, 0.717) is 23.7 Å². The molecule has 1 N–H and O–H groups in total. The van der Waals surface area contributed by atoms with Gasteiger partial charge in [-0.25, -0.2) is 4.79 Å². The third-order valence-electron chi connectivity index (χ3n) is 5.98. The Bertz CT molecular complexity index is 1240. The molecule has 1 aliphatic heterocycles. The van der Waals surface area contributed by atoms with Gasteiger partial charge in [-0.2, -0.15) is 4.98 Å². The molecule has 1 fully saturated rings. The number of anilines is 1. The summed E-state index contributed by atoms with van der Waals surface area (Å²) < 4.78 is 16.2. The van der Waals surface area contributed by atoms with Crippen LogP contribution < -0.4 is 21.5 Å². The van der Waals surface area contributed by atoms with E-state index in [0.717, 1.165) is 41.7 Å². The Morgan fingerprint density at radius 3 is 2.61 bits per heavy atom. The van der Waals surface area contributed by atoms with E-state index in [1.54, 1.807) is 7.05 Å². The molecule has 2 aromatic heterocycles. The molecule has 3 aromatic rings. The van der Waals surface area contributed by atoms with E-state index in [4.69, 9.17) is 14.5 Å². The molecule has 0 saturated carbocycles. The third kappa shape index (κ3) is 4.72. The quantitative estimate of drug-likeness (QED) is 0.336. The van der Waals surface area contributed by atoms with Gasteiger partial charge in [0.05, 0.1) is 13.1 Å². The zero-order valence-electron chi connectivity index (χ0n) is 19.1. The highest BCUT2D eigenvalue weighted by Crippen LogP contribution is 2.23. The number of hydrogen-bond donors (Lipinski definition) is 1. The summed E-state index contributed by atoms with van der Waals surface area (Å²) in [5, 5.41) is 3.41. The van der Waals surface area contributed by atoms with Gasteiger partial charge in [-0.3, -0.25) is 18.5 Å². The van der Waals surface area contributed by atoms with Gasteiger partial charge >= 0.3 is 5.69 Å². The number of methoxy groups -OCH3 is 2. The molecule has 3 heterocycles. The zero-order valence-corrected chi connectivity index (χ0v) is 21.2. The fourth-order valence-corrected chi connectivity index (χ4v) is 4.71. The molecule has 178 valence electrons. The maximum absolute atomic E-state index is 13.7. The molecule has 0 spiro atoms. The molecule has 0 amide bonds. The van der Waals surface area contributed by atoms with E-state index >= 15 is 0 Å². The Hall–Kier alpha value is -2.22. The highest BCUT2D eigenvalue weighted by molar-refractivity contribution is 14.1. The van der Waals surface area contributed by atoms with Crippen LogP contribution in [0.5, 0.6) is 0 Å². The van der Waals surface area contributed by atoms with Crippen LogP contribution in [-0.4, -0.2) is 65.4 Å². The van der Waals surface area contributed by atoms with Gasteiger partial charge in [0.15, 0.2) is 17.5 Å². The number of benzene rings is 1. The molecule has 1 aromatic carbocycles. The second kappa shape index (κ2) is 10.4. The van der Waals surface area contributed by atoms with Gasteiger partial charge in [0.25, 0.3) is 5.56 Å². The first kappa shape index (κ1) is 23.9. The van der Waals surface area contributed by atoms with E-state index < -0.39 is 17.5 Å². The number of aromatic nitrogens is 4. The Morgan fingerprint density at radius 2 is 1.88 bits per heavy atom. The molecule has 11 heteroatoms. The lowest BCUT2D eigenvalue weighted by atomic mass is 10.2. The Labute approximate surface area is 205 Å². The first-order valence-corrected chi connectivity index (χ1v) is 12.0. The molecule has 0 radical (unpaired) electrons. The molecule has 4 rings (SSSR count). The summed E-state index contributed by atoms with van der Waals surface area (Å²) in [6, 6.07) is 8.07. The number of aryl methyl sites for hydroxylation is 1. The van der Waals surface area contributed by atoms with Crippen molar-refractivity contribution in [2.75, 3.05) is 45.3 Å². The first-order chi connectivity index (χ1) is 16.0. The van der Waals surface area contributed by atoms with Crippen molar-refractivity contribution in [3.8, 4) is 0 Å². The Kier molecular flexibility index (Phi) is 7.51. The summed E-state index contributed by atoms with van der Waals surface area (Å²) in [5.74, 6) is 0.702. The van der Waals surface area contributed by atoms with Crippen molar-refractivity contribution in [2.24, 2.45) is 7.05 Å². The van der Waals surface area contributed by atoms with Gasteiger partial charge in [0.1, 0.15) is 0 Å². The maximum Gasteiger partial charge on any atom is 0.332 e. The smallest absolute Gasteiger partial charge is 0.332 e. The lowest BCUT2D eigenvalue weighted by Crippen LogP contribution is -2.43. The highest BCUT2D eigenvalue weighted by atomic mass is 127. The van der Waals surface area contributed by atoms with Crippen LogP contribution in [-0.2, 0) is 29.6 Å². The van der Waals surface area contributed by atoms with Crippen LogP contribution in [0.25, 0.3) is 11.2 Å². The van der Waals surface area contributed by atoms with Crippen molar-refractivity contribution >= 4 is 39.7 Å². The third-order valence-corrected chi connectivity index (χ3v) is 7.03. The minimum atomic E-state index is -0.713. The molecule has 10 nitrogen and oxygen atoms in total. The molecule has 0 unspecified atom stereocenters. The monoisotopic (exact) mass is 568 g/mol. The second-order valence-electron chi connectivity index (χ2n) is 8.01. The predicted molar refractivity (Wildman–Crippen MR) is 135 cm³/mol. The number of imidazole rings is 1. The van der Waals surface area contributed by atoms with Gasteiger partial charge in [-0.05, 0) is 47.2 Å². The van der Waals surface area contributed by atoms with E-state index in [1.165, 1.54) is 23.4 Å². The van der Waals surface area contributed by atoms with Crippen molar-refractivity contribution in [3.05, 3.63) is 54.2 Å². The summed E-state index contributed by atoms with van der Waals surface area (Å²) in [7, 11) is 4.61. The van der Waals surface area contributed by atoms with Gasteiger partial charge in [-0.1, -0.05) is 18.2 Å². The Morgan fingerprint density at radius 1 is 1.12 bits per heavy atom. The van der Waals surface area contributed by atoms with Gasteiger partial charge < -0.3 is 19.7 Å². The van der Waals surface area contributed by atoms with Crippen LogP contribution in [0, 0.1) is 3.57 Å². The van der Waals surface area contributed by atoms with Crippen molar-refractivity contribution in [1.82, 2.24) is 24.0 Å². The number of nitrogens with zero attached hydrogens (tertiary/aromatic N) is 5. The van der Waals surface area contributed by atoms with Crippen molar-refractivity contribution in [2.45, 2.75) is 25.8 Å². The van der Waals surface area contributed by atoms with Crippen LogP contribution in [0.4, 0.5) is 5.95 Å². The van der Waals surface area contributed by atoms with Crippen molar-refractivity contribution < 1.29 is 9.47 Å². The van der Waals surface area contributed by atoms with Gasteiger partial charge in [-0.15, -0.1) is 0 Å². The molecule has 1 aliphatic rings. The van der Waals surface area contributed by atoms with Crippen molar-refractivity contribution in [3.63, 3.8) is 0 Å². The van der Waals surface area contributed by atoms with Crippen LogP contribution in [0.15, 0.2) is 33.9 Å².